The lowest BCUT2D eigenvalue weighted by Crippen LogP contribution is -2.26. The van der Waals surface area contributed by atoms with E-state index in [0.717, 1.165) is 6.21 Å². The van der Waals surface area contributed by atoms with Crippen LogP contribution in [-0.2, 0) is 9.84 Å². The minimum atomic E-state index is -2.90. The highest BCUT2D eigenvalue weighted by Gasteiger charge is 2.27. The molecule has 82 valence electrons. The molecule has 0 bridgehead atoms. The highest BCUT2D eigenvalue weighted by molar-refractivity contribution is 7.91. The minimum absolute atomic E-state index is 0.0875. The number of nitrogens with one attached hydrogen (secondary N) is 1. The van der Waals surface area contributed by atoms with E-state index in [2.05, 4.69) is 10.5 Å². The Hall–Kier alpha value is 0.290. The molecule has 1 aliphatic heterocycles. The monoisotopic (exact) mass is 278 g/mol. The van der Waals surface area contributed by atoms with Crippen LogP contribution in [0.15, 0.2) is 5.10 Å². The summed E-state index contributed by atoms with van der Waals surface area (Å²) in [5.74, 6) is 0.276. The van der Waals surface area contributed by atoms with Gasteiger partial charge in [0.25, 0.3) is 0 Å². The molecule has 8 heteroatoms. The summed E-state index contributed by atoms with van der Waals surface area (Å²) in [6.45, 7) is 0. The Balaban J connectivity index is 2.38. The van der Waals surface area contributed by atoms with Crippen LogP contribution in [0.5, 0.6) is 0 Å². The predicted molar refractivity (Wildman–Crippen MR) is 59.0 cm³/mol. The van der Waals surface area contributed by atoms with Gasteiger partial charge >= 0.3 is 0 Å². The van der Waals surface area contributed by atoms with Crippen molar-refractivity contribution in [2.45, 2.75) is 16.3 Å². The van der Waals surface area contributed by atoms with Crippen LogP contribution >= 0.6 is 34.8 Å². The van der Waals surface area contributed by atoms with Crippen molar-refractivity contribution in [3.8, 4) is 0 Å². The van der Waals surface area contributed by atoms with E-state index in [1.165, 1.54) is 0 Å². The molecule has 14 heavy (non-hydrogen) atoms. The van der Waals surface area contributed by atoms with E-state index in [0.29, 0.717) is 6.42 Å². The van der Waals surface area contributed by atoms with Gasteiger partial charge < -0.3 is 5.43 Å². The van der Waals surface area contributed by atoms with Gasteiger partial charge in [0.1, 0.15) is 0 Å². The smallest absolute Gasteiger partial charge is 0.227 e. The summed E-state index contributed by atoms with van der Waals surface area (Å²) < 4.78 is 20.5. The number of nitrogens with zero attached hydrogens (tertiary/aromatic N) is 1. The third-order valence-electron chi connectivity index (χ3n) is 1.70. The number of halogens is 3. The fourth-order valence-corrected chi connectivity index (χ4v) is 2.92. The molecule has 1 aliphatic rings. The molecule has 4 nitrogen and oxygen atoms in total. The summed E-state index contributed by atoms with van der Waals surface area (Å²) in [5.41, 5.74) is 2.63. The fraction of sp³-hybridized carbons (Fsp3) is 0.833. The van der Waals surface area contributed by atoms with Crippen LogP contribution in [0, 0.1) is 0 Å². The first-order valence-corrected chi connectivity index (χ1v) is 6.81. The molecule has 0 radical (unpaired) electrons. The van der Waals surface area contributed by atoms with Crippen molar-refractivity contribution < 1.29 is 8.42 Å². The Kier molecular flexibility index (Phi) is 3.91. The van der Waals surface area contributed by atoms with Crippen molar-refractivity contribution in [3.63, 3.8) is 0 Å². The predicted octanol–water partition coefficient (Wildman–Crippen LogP) is 1.12. The minimum Gasteiger partial charge on any atom is -0.306 e. The van der Waals surface area contributed by atoms with E-state index in [9.17, 15) is 8.42 Å². The average Bonchev–Trinajstić information content (AvgIpc) is 2.27. The number of hydrogen-bond donors (Lipinski definition) is 1. The Bertz CT molecular complexity index is 322. The van der Waals surface area contributed by atoms with Crippen molar-refractivity contribution in [3.05, 3.63) is 0 Å². The number of hydrogen-bond acceptors (Lipinski definition) is 4. The summed E-state index contributed by atoms with van der Waals surface area (Å²) in [6.07, 6.45) is 1.64. The van der Waals surface area contributed by atoms with Crippen molar-refractivity contribution in [2.75, 3.05) is 11.5 Å². The highest BCUT2D eigenvalue weighted by Crippen LogP contribution is 2.22. The molecule has 1 heterocycles. The zero-order chi connectivity index (χ0) is 10.8. The Labute approximate surface area is 97.5 Å². The Morgan fingerprint density at radius 3 is 2.50 bits per heavy atom. The Morgan fingerprint density at radius 1 is 1.43 bits per heavy atom. The van der Waals surface area contributed by atoms with E-state index in [1.807, 2.05) is 0 Å². The SMILES string of the molecule is O=S1(=O)CC[C@@H](N/N=C\C(Cl)(Cl)Cl)C1. The van der Waals surface area contributed by atoms with Crippen molar-refractivity contribution in [1.82, 2.24) is 5.43 Å². The molecular weight excluding hydrogens is 271 g/mol. The van der Waals surface area contributed by atoms with Crippen LogP contribution in [0.2, 0.25) is 0 Å². The quantitative estimate of drug-likeness (QED) is 0.468. The van der Waals surface area contributed by atoms with E-state index in [1.54, 1.807) is 0 Å². The van der Waals surface area contributed by atoms with Gasteiger partial charge in [-0.3, -0.25) is 0 Å². The molecule has 0 spiro atoms. The average molecular weight is 280 g/mol. The molecule has 0 saturated carbocycles. The highest BCUT2D eigenvalue weighted by atomic mass is 35.6. The first kappa shape index (κ1) is 12.4. The van der Waals surface area contributed by atoms with Gasteiger partial charge in [-0.1, -0.05) is 34.8 Å². The normalized spacial score (nSPS) is 26.9. The van der Waals surface area contributed by atoms with Crippen molar-refractivity contribution in [1.29, 1.82) is 0 Å². The molecule has 0 aromatic carbocycles. The molecule has 1 saturated heterocycles. The molecule has 1 N–H and O–H groups in total. The van der Waals surface area contributed by atoms with Gasteiger partial charge in [-0.05, 0) is 6.42 Å². The van der Waals surface area contributed by atoms with Gasteiger partial charge in [0, 0.05) is 0 Å². The molecule has 0 unspecified atom stereocenters. The second kappa shape index (κ2) is 4.43. The number of hydrazone groups is 1. The summed E-state index contributed by atoms with van der Waals surface area (Å²) >= 11 is 16.2. The number of alkyl halides is 3. The summed E-state index contributed by atoms with van der Waals surface area (Å²) in [5, 5.41) is 3.65. The second-order valence-corrected chi connectivity index (χ2v) is 7.63. The molecule has 1 atom stereocenters. The van der Waals surface area contributed by atoms with Crippen molar-refractivity contribution >= 4 is 50.9 Å². The lowest BCUT2D eigenvalue weighted by Gasteiger charge is -2.07. The summed E-state index contributed by atoms with van der Waals surface area (Å²) in [6, 6.07) is -0.177. The van der Waals surface area contributed by atoms with Crippen LogP contribution in [0.4, 0.5) is 0 Å². The molecule has 1 fully saturated rings. The van der Waals surface area contributed by atoms with Crippen LogP contribution in [0.25, 0.3) is 0 Å². The van der Waals surface area contributed by atoms with Crippen LogP contribution in [0.1, 0.15) is 6.42 Å². The van der Waals surface area contributed by atoms with Gasteiger partial charge in [-0.25, -0.2) is 8.42 Å². The van der Waals surface area contributed by atoms with Crippen LogP contribution in [0.3, 0.4) is 0 Å². The zero-order valence-corrected chi connectivity index (χ0v) is 10.2. The lowest BCUT2D eigenvalue weighted by molar-refractivity contribution is 0.578. The fourth-order valence-electron chi connectivity index (χ4n) is 1.11. The molecule has 0 aromatic heterocycles. The summed E-state index contributed by atoms with van der Waals surface area (Å²) in [7, 11) is -2.90. The molecule has 1 rings (SSSR count). The van der Waals surface area contributed by atoms with E-state index in [-0.39, 0.29) is 17.5 Å². The van der Waals surface area contributed by atoms with Gasteiger partial charge in [0.2, 0.25) is 3.79 Å². The van der Waals surface area contributed by atoms with E-state index < -0.39 is 13.6 Å². The van der Waals surface area contributed by atoms with Gasteiger partial charge in [-0.15, -0.1) is 0 Å². The second-order valence-electron chi connectivity index (χ2n) is 3.03. The largest absolute Gasteiger partial charge is 0.306 e. The first-order valence-electron chi connectivity index (χ1n) is 3.85. The van der Waals surface area contributed by atoms with E-state index >= 15 is 0 Å². The first-order chi connectivity index (χ1) is 6.29. The number of rotatable bonds is 2. The van der Waals surface area contributed by atoms with Gasteiger partial charge in [0.05, 0.1) is 23.8 Å². The maximum atomic E-state index is 11.0. The third-order valence-corrected chi connectivity index (χ3v) is 3.76. The molecular formula is C6H9Cl3N2O2S. The topological polar surface area (TPSA) is 58.5 Å². The standard InChI is InChI=1S/C6H9Cl3N2O2S/c7-6(8,9)4-10-11-5-1-2-14(12,13)3-5/h4-5,11H,1-3H2/b10-4-/t5-/m1/s1. The maximum absolute atomic E-state index is 11.0. The molecule has 0 aromatic rings. The summed E-state index contributed by atoms with van der Waals surface area (Å²) in [4.78, 5) is 0. The van der Waals surface area contributed by atoms with E-state index in [4.69, 9.17) is 34.8 Å². The molecule has 0 aliphatic carbocycles. The maximum Gasteiger partial charge on any atom is 0.227 e. The zero-order valence-electron chi connectivity index (χ0n) is 7.08. The van der Waals surface area contributed by atoms with Gasteiger partial charge in [-0.2, -0.15) is 5.10 Å². The third kappa shape index (κ3) is 4.68. The van der Waals surface area contributed by atoms with Crippen molar-refractivity contribution in [2.24, 2.45) is 5.10 Å². The lowest BCUT2D eigenvalue weighted by atomic mass is 10.3. The van der Waals surface area contributed by atoms with Crippen LogP contribution < -0.4 is 5.43 Å². The molecule has 0 amide bonds. The van der Waals surface area contributed by atoms with Gasteiger partial charge in [0.15, 0.2) is 9.84 Å². The van der Waals surface area contributed by atoms with Crippen LogP contribution in [-0.4, -0.2) is 36.0 Å². The number of sulfone groups is 1. The Morgan fingerprint density at radius 2 is 2.07 bits per heavy atom.